The number of halogens is 1. The lowest BCUT2D eigenvalue weighted by Crippen LogP contribution is -2.23. The van der Waals surface area contributed by atoms with Crippen molar-refractivity contribution in [2.45, 2.75) is 18.4 Å². The van der Waals surface area contributed by atoms with Crippen LogP contribution in [0.3, 0.4) is 0 Å². The molecule has 1 amide bonds. The molecule has 4 aromatic rings. The van der Waals surface area contributed by atoms with Gasteiger partial charge in [0.05, 0.1) is 21.7 Å². The SMILES string of the molecule is CCOC(=O)Cn1c(=NC(=O)c2cccc(NS(=O)(=O)c3ccc(Cl)cc3)c2)sc2cc3c(cc21)OCCO3. The van der Waals surface area contributed by atoms with E-state index in [2.05, 4.69) is 9.71 Å². The molecule has 0 spiro atoms. The van der Waals surface area contributed by atoms with Gasteiger partial charge >= 0.3 is 5.97 Å². The highest BCUT2D eigenvalue weighted by molar-refractivity contribution is 7.92. The number of carbonyl (C=O) groups is 2. The summed E-state index contributed by atoms with van der Waals surface area (Å²) < 4.78 is 46.8. The highest BCUT2D eigenvalue weighted by atomic mass is 35.5. The molecule has 13 heteroatoms. The van der Waals surface area contributed by atoms with Gasteiger partial charge in [0.2, 0.25) is 0 Å². The molecule has 5 rings (SSSR count). The number of nitrogens with zero attached hydrogens (tertiary/aromatic N) is 2. The van der Waals surface area contributed by atoms with E-state index in [9.17, 15) is 18.0 Å². The molecule has 2 heterocycles. The van der Waals surface area contributed by atoms with E-state index in [1.165, 1.54) is 53.8 Å². The molecule has 3 aromatic carbocycles. The van der Waals surface area contributed by atoms with E-state index in [0.29, 0.717) is 35.3 Å². The number of esters is 1. The van der Waals surface area contributed by atoms with E-state index >= 15 is 0 Å². The first-order chi connectivity index (χ1) is 18.7. The van der Waals surface area contributed by atoms with Gasteiger partial charge in [-0.2, -0.15) is 4.99 Å². The predicted molar refractivity (Wildman–Crippen MR) is 146 cm³/mol. The van der Waals surface area contributed by atoms with Crippen LogP contribution in [0.2, 0.25) is 5.02 Å². The second kappa shape index (κ2) is 11.1. The summed E-state index contributed by atoms with van der Waals surface area (Å²) >= 11 is 7.06. The molecule has 1 aliphatic heterocycles. The monoisotopic (exact) mass is 587 g/mol. The number of thiazole rings is 1. The summed E-state index contributed by atoms with van der Waals surface area (Å²) in [6.45, 7) is 2.56. The minimum absolute atomic E-state index is 0.0225. The fourth-order valence-corrected chi connectivity index (χ4v) is 6.09. The zero-order valence-corrected chi connectivity index (χ0v) is 22.9. The van der Waals surface area contributed by atoms with E-state index in [0.717, 1.165) is 4.70 Å². The first kappa shape index (κ1) is 26.7. The number of hydrogen-bond donors (Lipinski definition) is 1. The second-order valence-corrected chi connectivity index (χ2v) is 11.4. The van der Waals surface area contributed by atoms with Crippen molar-refractivity contribution >= 4 is 60.7 Å². The maximum absolute atomic E-state index is 13.2. The topological polar surface area (TPSA) is 125 Å². The van der Waals surface area contributed by atoms with Gasteiger partial charge < -0.3 is 18.8 Å². The van der Waals surface area contributed by atoms with E-state index < -0.39 is 21.9 Å². The smallest absolute Gasteiger partial charge is 0.326 e. The molecule has 39 heavy (non-hydrogen) atoms. The van der Waals surface area contributed by atoms with E-state index in [-0.39, 0.29) is 34.1 Å². The number of benzene rings is 3. The molecule has 0 unspecified atom stereocenters. The number of aromatic nitrogens is 1. The van der Waals surface area contributed by atoms with Crippen LogP contribution in [0.25, 0.3) is 10.2 Å². The Morgan fingerprint density at radius 1 is 1.08 bits per heavy atom. The molecule has 1 N–H and O–H groups in total. The molecule has 10 nitrogen and oxygen atoms in total. The standard InChI is InChI=1S/C26H22ClN3O7S2/c1-2-35-24(31)15-30-20-13-21-22(37-11-10-36-21)14-23(20)38-26(30)28-25(32)16-4-3-5-18(12-16)29-39(33,34)19-8-6-17(27)7-9-19/h3-9,12-14,29H,2,10-11,15H2,1H3. The largest absolute Gasteiger partial charge is 0.486 e. The third kappa shape index (κ3) is 5.92. The molecule has 1 aromatic heterocycles. The van der Waals surface area contributed by atoms with Crippen LogP contribution >= 0.6 is 22.9 Å². The second-order valence-electron chi connectivity index (χ2n) is 8.30. The van der Waals surface area contributed by atoms with Crippen LogP contribution in [-0.4, -0.2) is 44.7 Å². The van der Waals surface area contributed by atoms with Gasteiger partial charge in [-0.3, -0.25) is 14.3 Å². The van der Waals surface area contributed by atoms with Crippen molar-refractivity contribution in [2.75, 3.05) is 24.5 Å². The van der Waals surface area contributed by atoms with Gasteiger partial charge in [-0.05, 0) is 49.4 Å². The van der Waals surface area contributed by atoms with Gasteiger partial charge in [0.1, 0.15) is 19.8 Å². The van der Waals surface area contributed by atoms with Crippen molar-refractivity contribution in [3.63, 3.8) is 0 Å². The van der Waals surface area contributed by atoms with Gasteiger partial charge in [0, 0.05) is 28.4 Å². The van der Waals surface area contributed by atoms with Gasteiger partial charge in [-0.1, -0.05) is 29.0 Å². The fourth-order valence-electron chi connectivity index (χ4n) is 3.88. The molecule has 0 fully saturated rings. The van der Waals surface area contributed by atoms with Gasteiger partial charge in [0.15, 0.2) is 16.3 Å². The van der Waals surface area contributed by atoms with Crippen LogP contribution in [0.1, 0.15) is 17.3 Å². The Bertz CT molecular complexity index is 1750. The number of sulfonamides is 1. The number of hydrogen-bond acceptors (Lipinski definition) is 8. The molecule has 202 valence electrons. The number of rotatable bonds is 7. The zero-order chi connectivity index (χ0) is 27.6. The minimum atomic E-state index is -3.91. The number of amides is 1. The van der Waals surface area contributed by atoms with Gasteiger partial charge in [0.25, 0.3) is 15.9 Å². The molecular formula is C26H22ClN3O7S2. The molecule has 0 aliphatic carbocycles. The molecule has 0 radical (unpaired) electrons. The summed E-state index contributed by atoms with van der Waals surface area (Å²) in [5.74, 6) is -0.0110. The molecular weight excluding hydrogens is 566 g/mol. The third-order valence-electron chi connectivity index (χ3n) is 5.62. The Morgan fingerprint density at radius 2 is 1.79 bits per heavy atom. The highest BCUT2D eigenvalue weighted by Crippen LogP contribution is 2.35. The number of ether oxygens (including phenoxy) is 3. The fraction of sp³-hybridized carbons (Fsp3) is 0.192. The molecule has 0 saturated carbocycles. The van der Waals surface area contributed by atoms with Crippen molar-refractivity contribution in [3.8, 4) is 11.5 Å². The summed E-state index contributed by atoms with van der Waals surface area (Å²) in [5.41, 5.74) is 0.967. The zero-order valence-electron chi connectivity index (χ0n) is 20.5. The minimum Gasteiger partial charge on any atom is -0.486 e. The lowest BCUT2D eigenvalue weighted by atomic mass is 10.2. The van der Waals surface area contributed by atoms with Crippen molar-refractivity contribution in [2.24, 2.45) is 4.99 Å². The quantitative estimate of drug-likeness (QED) is 0.321. The first-order valence-electron chi connectivity index (χ1n) is 11.8. The number of fused-ring (bicyclic) bond motifs is 2. The average Bonchev–Trinajstić information content (AvgIpc) is 3.22. The maximum Gasteiger partial charge on any atom is 0.326 e. The van der Waals surface area contributed by atoms with Crippen molar-refractivity contribution in [3.05, 3.63) is 76.1 Å². The molecule has 0 saturated heterocycles. The summed E-state index contributed by atoms with van der Waals surface area (Å²) in [5, 5.41) is 0.407. The van der Waals surface area contributed by atoms with E-state index in [1.54, 1.807) is 29.7 Å². The summed E-state index contributed by atoms with van der Waals surface area (Å²) in [7, 11) is -3.91. The van der Waals surface area contributed by atoms with Crippen LogP contribution in [0.15, 0.2) is 70.6 Å². The lowest BCUT2D eigenvalue weighted by molar-refractivity contribution is -0.143. The normalized spacial score (nSPS) is 13.3. The summed E-state index contributed by atoms with van der Waals surface area (Å²) in [6, 6.07) is 15.2. The van der Waals surface area contributed by atoms with Crippen LogP contribution in [0.4, 0.5) is 5.69 Å². The lowest BCUT2D eigenvalue weighted by Gasteiger charge is -2.18. The summed E-state index contributed by atoms with van der Waals surface area (Å²) in [4.78, 5) is 30.1. The Balaban J connectivity index is 1.50. The van der Waals surface area contributed by atoms with Crippen LogP contribution in [0, 0.1) is 0 Å². The van der Waals surface area contributed by atoms with Crippen molar-refractivity contribution < 1.29 is 32.2 Å². The van der Waals surface area contributed by atoms with Crippen molar-refractivity contribution in [1.82, 2.24) is 4.57 Å². The molecule has 1 aliphatic rings. The Morgan fingerprint density at radius 3 is 2.51 bits per heavy atom. The molecule has 0 atom stereocenters. The van der Waals surface area contributed by atoms with E-state index in [4.69, 9.17) is 25.8 Å². The average molecular weight is 588 g/mol. The Labute approximate surface area is 232 Å². The maximum atomic E-state index is 13.2. The van der Waals surface area contributed by atoms with E-state index in [1.807, 2.05) is 0 Å². The predicted octanol–water partition coefficient (Wildman–Crippen LogP) is 4.23. The van der Waals surface area contributed by atoms with Crippen LogP contribution < -0.4 is 19.0 Å². The van der Waals surface area contributed by atoms with Crippen molar-refractivity contribution in [1.29, 1.82) is 0 Å². The van der Waals surface area contributed by atoms with Crippen LogP contribution in [-0.2, 0) is 26.1 Å². The Kier molecular flexibility index (Phi) is 7.60. The number of nitrogens with one attached hydrogen (secondary N) is 1. The number of carbonyl (C=O) groups excluding carboxylic acids is 2. The number of anilines is 1. The van der Waals surface area contributed by atoms with Gasteiger partial charge in [-0.25, -0.2) is 8.42 Å². The third-order valence-corrected chi connectivity index (χ3v) is 8.31. The highest BCUT2D eigenvalue weighted by Gasteiger charge is 2.19. The van der Waals surface area contributed by atoms with Crippen LogP contribution in [0.5, 0.6) is 11.5 Å². The molecule has 0 bridgehead atoms. The Hall–Kier alpha value is -3.87. The van der Waals surface area contributed by atoms with Gasteiger partial charge in [-0.15, -0.1) is 0 Å². The summed E-state index contributed by atoms with van der Waals surface area (Å²) in [6.07, 6.45) is 0. The first-order valence-corrected chi connectivity index (χ1v) is 14.5.